The number of nitrogens with one attached hydrogen (secondary N) is 1. The molecule has 1 aliphatic rings. The number of hydrogen-bond acceptors (Lipinski definition) is 3. The van der Waals surface area contributed by atoms with Gasteiger partial charge in [0.15, 0.2) is 0 Å². The summed E-state index contributed by atoms with van der Waals surface area (Å²) in [5.41, 5.74) is 4.28. The fourth-order valence-electron chi connectivity index (χ4n) is 2.66. The maximum atomic E-state index is 6.15. The summed E-state index contributed by atoms with van der Waals surface area (Å²) < 4.78 is 0. The fraction of sp³-hybridized carbons (Fsp3) is 0.158. The lowest BCUT2D eigenvalue weighted by atomic mass is 10.0. The van der Waals surface area contributed by atoms with E-state index in [9.17, 15) is 0 Å². The predicted octanol–water partition coefficient (Wildman–Crippen LogP) is 5.42. The summed E-state index contributed by atoms with van der Waals surface area (Å²) >= 11 is 6.15. The summed E-state index contributed by atoms with van der Waals surface area (Å²) in [5, 5.41) is 3.82. The molecule has 0 bridgehead atoms. The van der Waals surface area contributed by atoms with Crippen LogP contribution in [0.5, 0.6) is 0 Å². The normalized spacial score (nSPS) is 13.8. The number of nitrogens with zero attached hydrogens (tertiary/aromatic N) is 2. The highest BCUT2D eigenvalue weighted by Gasteiger charge is 2.26. The van der Waals surface area contributed by atoms with Gasteiger partial charge in [-0.2, -0.15) is 0 Å². The number of aromatic nitrogens is 2. The number of para-hydroxylation sites is 1. The Morgan fingerprint density at radius 3 is 2.43 bits per heavy atom. The maximum Gasteiger partial charge on any atom is 0.228 e. The monoisotopic (exact) mass is 321 g/mol. The zero-order valence-electron chi connectivity index (χ0n) is 12.5. The van der Waals surface area contributed by atoms with Crippen molar-refractivity contribution < 1.29 is 0 Å². The predicted molar refractivity (Wildman–Crippen MR) is 94.2 cm³/mol. The van der Waals surface area contributed by atoms with E-state index in [2.05, 4.69) is 33.5 Å². The molecule has 1 fully saturated rings. The van der Waals surface area contributed by atoms with Gasteiger partial charge in [-0.1, -0.05) is 60.1 Å². The zero-order chi connectivity index (χ0) is 15.6. The van der Waals surface area contributed by atoms with Gasteiger partial charge in [-0.05, 0) is 30.5 Å². The number of hydrogen-bond donors (Lipinski definition) is 1. The van der Waals surface area contributed by atoms with Gasteiger partial charge in [-0.3, -0.25) is 0 Å². The van der Waals surface area contributed by atoms with Crippen molar-refractivity contribution in [1.82, 2.24) is 9.97 Å². The van der Waals surface area contributed by atoms with E-state index in [1.807, 2.05) is 42.5 Å². The lowest BCUT2D eigenvalue weighted by molar-refractivity contribution is 0.993. The van der Waals surface area contributed by atoms with Crippen LogP contribution in [-0.2, 0) is 0 Å². The first-order valence-corrected chi connectivity index (χ1v) is 8.13. The van der Waals surface area contributed by atoms with Crippen LogP contribution in [0.3, 0.4) is 0 Å². The molecule has 0 spiro atoms. The van der Waals surface area contributed by atoms with Crippen molar-refractivity contribution in [2.75, 3.05) is 5.32 Å². The van der Waals surface area contributed by atoms with E-state index in [-0.39, 0.29) is 0 Å². The molecular formula is C19H16ClN3. The zero-order valence-corrected chi connectivity index (χ0v) is 13.3. The van der Waals surface area contributed by atoms with Crippen molar-refractivity contribution in [3.63, 3.8) is 0 Å². The van der Waals surface area contributed by atoms with Crippen LogP contribution in [0.2, 0.25) is 5.15 Å². The van der Waals surface area contributed by atoms with Crippen molar-refractivity contribution in [3.8, 4) is 11.1 Å². The quantitative estimate of drug-likeness (QED) is 0.652. The van der Waals surface area contributed by atoms with Crippen LogP contribution in [0, 0.1) is 0 Å². The average Bonchev–Trinajstić information content (AvgIpc) is 3.41. The van der Waals surface area contributed by atoms with E-state index in [4.69, 9.17) is 11.6 Å². The molecule has 4 heteroatoms. The first kappa shape index (κ1) is 14.2. The van der Waals surface area contributed by atoms with E-state index >= 15 is 0 Å². The summed E-state index contributed by atoms with van der Waals surface area (Å²) in [5.74, 6) is 1.10. The second-order valence-electron chi connectivity index (χ2n) is 5.75. The summed E-state index contributed by atoms with van der Waals surface area (Å²) in [6.45, 7) is 0. The van der Waals surface area contributed by atoms with Gasteiger partial charge in [0.2, 0.25) is 5.95 Å². The van der Waals surface area contributed by atoms with Crippen LogP contribution in [0.25, 0.3) is 11.1 Å². The van der Waals surface area contributed by atoms with Crippen molar-refractivity contribution >= 4 is 23.2 Å². The van der Waals surface area contributed by atoms with Crippen LogP contribution in [-0.4, -0.2) is 9.97 Å². The minimum atomic E-state index is 0.488. The van der Waals surface area contributed by atoms with Gasteiger partial charge >= 0.3 is 0 Å². The van der Waals surface area contributed by atoms with Gasteiger partial charge in [0, 0.05) is 17.2 Å². The molecule has 3 aromatic rings. The molecule has 1 saturated carbocycles. The van der Waals surface area contributed by atoms with E-state index < -0.39 is 0 Å². The van der Waals surface area contributed by atoms with Crippen LogP contribution < -0.4 is 5.32 Å². The molecule has 0 aliphatic heterocycles. The Bertz CT molecular complexity index is 829. The Hall–Kier alpha value is -2.39. The number of anilines is 2. The first-order chi connectivity index (χ1) is 11.3. The molecule has 0 saturated heterocycles. The summed E-state index contributed by atoms with van der Waals surface area (Å²) in [6.07, 6.45) is 2.38. The van der Waals surface area contributed by atoms with E-state index in [1.54, 1.807) is 0 Å². The molecule has 1 aliphatic carbocycles. The third-order valence-corrected chi connectivity index (χ3v) is 4.16. The van der Waals surface area contributed by atoms with Gasteiger partial charge in [-0.15, -0.1) is 0 Å². The summed E-state index contributed by atoms with van der Waals surface area (Å²) in [4.78, 5) is 8.94. The largest absolute Gasteiger partial charge is 0.324 e. The van der Waals surface area contributed by atoms with Crippen LogP contribution >= 0.6 is 11.6 Å². The molecular weight excluding hydrogens is 306 g/mol. The lowest BCUT2D eigenvalue weighted by Gasteiger charge is -2.12. The molecule has 23 heavy (non-hydrogen) atoms. The molecule has 0 radical (unpaired) electrons. The molecule has 1 aromatic heterocycles. The Morgan fingerprint density at radius 1 is 0.913 bits per heavy atom. The maximum absolute atomic E-state index is 6.15. The molecule has 0 atom stereocenters. The molecule has 1 heterocycles. The van der Waals surface area contributed by atoms with Gasteiger partial charge < -0.3 is 5.32 Å². The highest BCUT2D eigenvalue weighted by molar-refractivity contribution is 6.29. The highest BCUT2D eigenvalue weighted by Crippen LogP contribution is 2.40. The smallest absolute Gasteiger partial charge is 0.228 e. The summed E-state index contributed by atoms with van der Waals surface area (Å²) in [6, 6.07) is 20.3. The Labute approximate surface area is 140 Å². The van der Waals surface area contributed by atoms with Gasteiger partial charge in [0.1, 0.15) is 5.15 Å². The third-order valence-electron chi connectivity index (χ3n) is 3.97. The Balaban J connectivity index is 1.70. The van der Waals surface area contributed by atoms with Gasteiger partial charge in [0.05, 0.1) is 5.69 Å². The molecule has 0 unspecified atom stereocenters. The van der Waals surface area contributed by atoms with Gasteiger partial charge in [0.25, 0.3) is 0 Å². The molecule has 4 rings (SSSR count). The van der Waals surface area contributed by atoms with Crippen molar-refractivity contribution in [3.05, 3.63) is 71.5 Å². The Morgan fingerprint density at radius 2 is 1.65 bits per heavy atom. The fourth-order valence-corrected chi connectivity index (χ4v) is 2.85. The molecule has 0 amide bonds. The standard InChI is InChI=1S/C19H16ClN3/c20-18-12-17(14-10-11-14)22-19(23-18)21-16-9-5-4-8-15(16)13-6-2-1-3-7-13/h1-9,12,14H,10-11H2,(H,21,22,23). The minimum absolute atomic E-state index is 0.488. The highest BCUT2D eigenvalue weighted by atomic mass is 35.5. The Kier molecular flexibility index (Phi) is 3.72. The first-order valence-electron chi connectivity index (χ1n) is 7.75. The molecule has 1 N–H and O–H groups in total. The molecule has 3 nitrogen and oxygen atoms in total. The topological polar surface area (TPSA) is 37.8 Å². The minimum Gasteiger partial charge on any atom is -0.324 e. The molecule has 114 valence electrons. The number of rotatable bonds is 4. The van der Waals surface area contributed by atoms with Crippen molar-refractivity contribution in [2.45, 2.75) is 18.8 Å². The van der Waals surface area contributed by atoms with Crippen LogP contribution in [0.4, 0.5) is 11.6 Å². The number of halogens is 1. The van der Waals surface area contributed by atoms with E-state index in [0.29, 0.717) is 17.0 Å². The van der Waals surface area contributed by atoms with E-state index in [1.165, 1.54) is 12.8 Å². The van der Waals surface area contributed by atoms with Gasteiger partial charge in [-0.25, -0.2) is 9.97 Å². The second-order valence-corrected chi connectivity index (χ2v) is 6.14. The van der Waals surface area contributed by atoms with Crippen LogP contribution in [0.15, 0.2) is 60.7 Å². The summed E-state index contributed by atoms with van der Waals surface area (Å²) in [7, 11) is 0. The SMILES string of the molecule is Clc1cc(C2CC2)nc(Nc2ccccc2-c2ccccc2)n1. The second kappa shape index (κ2) is 6.01. The average molecular weight is 322 g/mol. The van der Waals surface area contributed by atoms with E-state index in [0.717, 1.165) is 22.5 Å². The number of benzene rings is 2. The van der Waals surface area contributed by atoms with Crippen LogP contribution in [0.1, 0.15) is 24.5 Å². The lowest BCUT2D eigenvalue weighted by Crippen LogP contribution is -2.01. The van der Waals surface area contributed by atoms with Crippen molar-refractivity contribution in [2.24, 2.45) is 0 Å². The third kappa shape index (κ3) is 3.20. The molecule has 2 aromatic carbocycles. The van der Waals surface area contributed by atoms with Crippen molar-refractivity contribution in [1.29, 1.82) is 0 Å².